The molecule has 0 aliphatic heterocycles. The van der Waals surface area contributed by atoms with E-state index in [2.05, 4.69) is 20.4 Å². The Morgan fingerprint density at radius 1 is 1.42 bits per heavy atom. The predicted octanol–water partition coefficient (Wildman–Crippen LogP) is 1.26. The largest absolute Gasteiger partial charge is 0.396 e. The number of fused-ring (bicyclic) bond motifs is 1. The van der Waals surface area contributed by atoms with Crippen molar-refractivity contribution >= 4 is 39.1 Å². The Labute approximate surface area is 112 Å². The first-order valence-electron chi connectivity index (χ1n) is 5.45. The van der Waals surface area contributed by atoms with Crippen LogP contribution in [0.1, 0.15) is 9.67 Å². The Hall–Kier alpha value is -2.48. The summed E-state index contributed by atoms with van der Waals surface area (Å²) in [6.07, 6.45) is 4.86. The number of anilines is 2. The molecule has 0 aliphatic carbocycles. The molecule has 7 nitrogen and oxygen atoms in total. The van der Waals surface area contributed by atoms with Gasteiger partial charge in [0.2, 0.25) is 0 Å². The third-order valence-corrected chi connectivity index (χ3v) is 3.63. The number of nitrogens with two attached hydrogens (primary N) is 1. The van der Waals surface area contributed by atoms with Gasteiger partial charge in [0.05, 0.1) is 5.69 Å². The Balaban J connectivity index is 1.95. The lowest BCUT2D eigenvalue weighted by atomic mass is 10.3. The third kappa shape index (κ3) is 2.02. The number of nitrogens with one attached hydrogen (secondary N) is 1. The zero-order valence-corrected chi connectivity index (χ0v) is 10.8. The Morgan fingerprint density at radius 3 is 2.89 bits per heavy atom. The molecule has 3 rings (SSSR count). The van der Waals surface area contributed by atoms with E-state index < -0.39 is 0 Å². The van der Waals surface area contributed by atoms with Crippen LogP contribution in [0.3, 0.4) is 0 Å². The molecule has 3 heterocycles. The molecule has 8 heteroatoms. The topological polar surface area (TPSA) is 98.7 Å². The van der Waals surface area contributed by atoms with E-state index in [4.69, 9.17) is 5.73 Å². The summed E-state index contributed by atoms with van der Waals surface area (Å²) >= 11 is 1.21. The zero-order valence-electron chi connectivity index (χ0n) is 9.99. The summed E-state index contributed by atoms with van der Waals surface area (Å²) in [7, 11) is 1.78. The zero-order chi connectivity index (χ0) is 13.4. The van der Waals surface area contributed by atoms with Crippen molar-refractivity contribution in [2.75, 3.05) is 11.1 Å². The van der Waals surface area contributed by atoms with E-state index in [0.717, 1.165) is 0 Å². The molecule has 0 aliphatic rings. The van der Waals surface area contributed by atoms with Gasteiger partial charge in [-0.05, 0) is 0 Å². The van der Waals surface area contributed by atoms with Crippen molar-refractivity contribution in [1.82, 2.24) is 19.7 Å². The molecular weight excluding hydrogens is 264 g/mol. The summed E-state index contributed by atoms with van der Waals surface area (Å²) in [6.45, 7) is 0. The van der Waals surface area contributed by atoms with Crippen LogP contribution in [-0.2, 0) is 7.05 Å². The van der Waals surface area contributed by atoms with Gasteiger partial charge in [-0.3, -0.25) is 9.48 Å². The van der Waals surface area contributed by atoms with Gasteiger partial charge in [0, 0.05) is 31.7 Å². The van der Waals surface area contributed by atoms with Gasteiger partial charge >= 0.3 is 0 Å². The number of thiophene rings is 1. The average Bonchev–Trinajstić information content (AvgIpc) is 2.94. The Bertz CT molecular complexity index is 761. The molecule has 3 N–H and O–H groups in total. The summed E-state index contributed by atoms with van der Waals surface area (Å²) < 4.78 is 1.60. The number of nitrogens with zero attached hydrogens (tertiary/aromatic N) is 4. The second-order valence-corrected chi connectivity index (χ2v) is 4.88. The van der Waals surface area contributed by atoms with Gasteiger partial charge in [-0.2, -0.15) is 5.10 Å². The first kappa shape index (κ1) is 11.6. The molecule has 0 fully saturated rings. The highest BCUT2D eigenvalue weighted by Crippen LogP contribution is 2.30. The minimum Gasteiger partial charge on any atom is -0.396 e. The van der Waals surface area contributed by atoms with Crippen molar-refractivity contribution in [1.29, 1.82) is 0 Å². The molecular formula is C11H10N6OS. The van der Waals surface area contributed by atoms with Gasteiger partial charge in [-0.25, -0.2) is 9.97 Å². The Morgan fingerprint density at radius 2 is 2.21 bits per heavy atom. The Kier molecular flexibility index (Phi) is 2.64. The predicted molar refractivity (Wildman–Crippen MR) is 73.0 cm³/mol. The second-order valence-electron chi connectivity index (χ2n) is 3.88. The minimum atomic E-state index is -0.305. The van der Waals surface area contributed by atoms with Gasteiger partial charge in [0.1, 0.15) is 15.2 Å². The monoisotopic (exact) mass is 274 g/mol. The molecule has 0 saturated heterocycles. The molecule has 3 aromatic rings. The van der Waals surface area contributed by atoms with E-state index in [1.165, 1.54) is 11.3 Å². The number of carbonyl (C=O) groups is 1. The highest BCUT2D eigenvalue weighted by Gasteiger charge is 2.18. The fraction of sp³-hybridized carbons (Fsp3) is 0.0909. The minimum absolute atomic E-state index is 0.305. The molecule has 0 unspecified atom stereocenters. The highest BCUT2D eigenvalue weighted by atomic mass is 32.1. The van der Waals surface area contributed by atoms with E-state index in [-0.39, 0.29) is 5.91 Å². The maximum atomic E-state index is 12.1. The molecule has 1 amide bonds. The van der Waals surface area contributed by atoms with Crippen LogP contribution in [0, 0.1) is 0 Å². The number of rotatable bonds is 2. The van der Waals surface area contributed by atoms with Gasteiger partial charge in [-0.15, -0.1) is 11.3 Å². The van der Waals surface area contributed by atoms with Crippen molar-refractivity contribution in [3.05, 3.63) is 29.5 Å². The van der Waals surface area contributed by atoms with Crippen molar-refractivity contribution in [3.63, 3.8) is 0 Å². The van der Waals surface area contributed by atoms with Crippen molar-refractivity contribution in [2.45, 2.75) is 0 Å². The second kappa shape index (κ2) is 4.32. The standard InChI is InChI=1S/C11H10N6OS/c1-17-5-2-6(16-17)15-10(18)9-7(12)8-11(19-9)14-4-3-13-8/h2-5H,12H2,1H3,(H,15,16,18). The molecule has 0 bridgehead atoms. The average molecular weight is 274 g/mol. The normalized spacial score (nSPS) is 10.8. The first-order valence-corrected chi connectivity index (χ1v) is 6.27. The smallest absolute Gasteiger partial charge is 0.269 e. The molecule has 0 saturated carbocycles. The SMILES string of the molecule is Cn1ccc(NC(=O)c2sc3nccnc3c2N)n1. The number of hydrogen-bond donors (Lipinski definition) is 2. The fourth-order valence-electron chi connectivity index (χ4n) is 1.67. The van der Waals surface area contributed by atoms with Gasteiger partial charge < -0.3 is 11.1 Å². The number of carbonyl (C=O) groups excluding carboxylic acids is 1. The number of hydrogen-bond acceptors (Lipinski definition) is 6. The van der Waals surface area contributed by atoms with Crippen LogP contribution in [0.4, 0.5) is 11.5 Å². The molecule has 96 valence electrons. The van der Waals surface area contributed by atoms with Crippen molar-refractivity contribution in [3.8, 4) is 0 Å². The molecule has 19 heavy (non-hydrogen) atoms. The molecule has 0 spiro atoms. The fourth-order valence-corrected chi connectivity index (χ4v) is 2.58. The lowest BCUT2D eigenvalue weighted by Gasteiger charge is -1.99. The highest BCUT2D eigenvalue weighted by molar-refractivity contribution is 7.21. The quantitative estimate of drug-likeness (QED) is 0.733. The van der Waals surface area contributed by atoms with E-state index in [0.29, 0.717) is 26.7 Å². The summed E-state index contributed by atoms with van der Waals surface area (Å²) in [5.74, 6) is 0.172. The van der Waals surface area contributed by atoms with Crippen LogP contribution in [-0.4, -0.2) is 25.7 Å². The number of aryl methyl sites for hydroxylation is 1. The summed E-state index contributed by atoms with van der Waals surface area (Å²) in [5, 5.41) is 6.76. The maximum Gasteiger partial charge on any atom is 0.269 e. The van der Waals surface area contributed by atoms with Gasteiger partial charge in [0.15, 0.2) is 5.82 Å². The third-order valence-electron chi connectivity index (χ3n) is 2.52. The number of nitrogen functional groups attached to an aromatic ring is 1. The van der Waals surface area contributed by atoms with Crippen LogP contribution in [0.5, 0.6) is 0 Å². The first-order chi connectivity index (χ1) is 9.15. The lowest BCUT2D eigenvalue weighted by Crippen LogP contribution is -2.12. The van der Waals surface area contributed by atoms with E-state index >= 15 is 0 Å². The van der Waals surface area contributed by atoms with Crippen LogP contribution in [0.25, 0.3) is 10.3 Å². The molecule has 0 radical (unpaired) electrons. The van der Waals surface area contributed by atoms with Gasteiger partial charge in [0.25, 0.3) is 5.91 Å². The van der Waals surface area contributed by atoms with Gasteiger partial charge in [-0.1, -0.05) is 0 Å². The van der Waals surface area contributed by atoms with Crippen molar-refractivity contribution < 1.29 is 4.79 Å². The molecule has 3 aromatic heterocycles. The van der Waals surface area contributed by atoms with Crippen LogP contribution < -0.4 is 11.1 Å². The van der Waals surface area contributed by atoms with E-state index in [1.54, 1.807) is 36.4 Å². The summed E-state index contributed by atoms with van der Waals surface area (Å²) in [5.41, 5.74) is 6.82. The molecule has 0 atom stereocenters. The summed E-state index contributed by atoms with van der Waals surface area (Å²) in [4.78, 5) is 21.4. The van der Waals surface area contributed by atoms with Crippen LogP contribution in [0.15, 0.2) is 24.7 Å². The number of amides is 1. The summed E-state index contributed by atoms with van der Waals surface area (Å²) in [6, 6.07) is 1.71. The van der Waals surface area contributed by atoms with E-state index in [9.17, 15) is 4.79 Å². The van der Waals surface area contributed by atoms with Crippen molar-refractivity contribution in [2.24, 2.45) is 7.05 Å². The van der Waals surface area contributed by atoms with Crippen LogP contribution in [0.2, 0.25) is 0 Å². The van der Waals surface area contributed by atoms with E-state index in [1.807, 2.05) is 0 Å². The number of aromatic nitrogens is 4. The molecule has 0 aromatic carbocycles. The van der Waals surface area contributed by atoms with Crippen LogP contribution >= 0.6 is 11.3 Å². The lowest BCUT2D eigenvalue weighted by molar-refractivity contribution is 0.103. The maximum absolute atomic E-state index is 12.1.